The van der Waals surface area contributed by atoms with Gasteiger partial charge in [-0.05, 0) is 71.6 Å². The molecule has 0 aliphatic heterocycles. The number of carbonyl (C=O) groups excluding carboxylic acids is 1. The molecule has 2 unspecified atom stereocenters. The average Bonchev–Trinajstić information content (AvgIpc) is 2.86. The number of carbonyl (C=O) groups is 1. The molecule has 0 saturated heterocycles. The highest BCUT2D eigenvalue weighted by atomic mass is 16.6. The van der Waals surface area contributed by atoms with Gasteiger partial charge in [0.15, 0.2) is 0 Å². The molecular weight excluding hydrogens is 288 g/mol. The summed E-state index contributed by atoms with van der Waals surface area (Å²) in [5, 5.41) is 6.87. The van der Waals surface area contributed by atoms with Crippen molar-refractivity contribution in [2.24, 2.45) is 5.92 Å². The number of hydrogen-bond acceptors (Lipinski definition) is 3. The van der Waals surface area contributed by atoms with E-state index in [9.17, 15) is 4.79 Å². The summed E-state index contributed by atoms with van der Waals surface area (Å²) >= 11 is 0. The predicted octanol–water partition coefficient (Wildman–Crippen LogP) is 4.38. The molecule has 0 spiro atoms. The van der Waals surface area contributed by atoms with Crippen molar-refractivity contribution in [3.8, 4) is 0 Å². The Morgan fingerprint density at radius 3 is 2.22 bits per heavy atom. The molecule has 2 atom stereocenters. The van der Waals surface area contributed by atoms with Crippen LogP contribution in [0.1, 0.15) is 85.5 Å². The van der Waals surface area contributed by atoms with Crippen molar-refractivity contribution in [1.29, 1.82) is 0 Å². The van der Waals surface area contributed by atoms with Crippen LogP contribution in [0.3, 0.4) is 0 Å². The van der Waals surface area contributed by atoms with Gasteiger partial charge < -0.3 is 15.4 Å². The van der Waals surface area contributed by atoms with Gasteiger partial charge in [-0.15, -0.1) is 0 Å². The molecule has 2 aliphatic rings. The first-order valence-electron chi connectivity index (χ1n) is 9.61. The molecular formula is C19H36N2O2. The zero-order chi connectivity index (χ0) is 16.9. The van der Waals surface area contributed by atoms with Gasteiger partial charge in [0.2, 0.25) is 0 Å². The van der Waals surface area contributed by atoms with Crippen LogP contribution in [-0.2, 0) is 4.74 Å². The van der Waals surface area contributed by atoms with Gasteiger partial charge in [0, 0.05) is 18.1 Å². The zero-order valence-corrected chi connectivity index (χ0v) is 15.5. The second-order valence-electron chi connectivity index (χ2n) is 8.53. The molecule has 0 heterocycles. The second-order valence-corrected chi connectivity index (χ2v) is 8.53. The molecule has 2 rings (SSSR count). The van der Waals surface area contributed by atoms with Crippen molar-refractivity contribution in [1.82, 2.24) is 10.6 Å². The van der Waals surface area contributed by atoms with E-state index in [2.05, 4.69) is 17.6 Å². The summed E-state index contributed by atoms with van der Waals surface area (Å²) < 4.78 is 5.35. The number of amides is 1. The maximum atomic E-state index is 11.9. The maximum Gasteiger partial charge on any atom is 0.407 e. The molecule has 2 fully saturated rings. The van der Waals surface area contributed by atoms with Crippen molar-refractivity contribution in [3.63, 3.8) is 0 Å². The molecule has 0 radical (unpaired) electrons. The first kappa shape index (κ1) is 18.6. The van der Waals surface area contributed by atoms with E-state index < -0.39 is 5.60 Å². The molecule has 134 valence electrons. The Morgan fingerprint density at radius 2 is 1.61 bits per heavy atom. The van der Waals surface area contributed by atoms with Crippen LogP contribution in [0, 0.1) is 5.92 Å². The number of rotatable bonds is 5. The quantitative estimate of drug-likeness (QED) is 0.789. The summed E-state index contributed by atoms with van der Waals surface area (Å²) in [6.07, 6.45) is 11.1. The molecule has 2 N–H and O–H groups in total. The lowest BCUT2D eigenvalue weighted by Crippen LogP contribution is -2.41. The smallest absolute Gasteiger partial charge is 0.407 e. The van der Waals surface area contributed by atoms with Crippen molar-refractivity contribution in [2.75, 3.05) is 0 Å². The summed E-state index contributed by atoms with van der Waals surface area (Å²) in [6.45, 7) is 8.00. The van der Waals surface area contributed by atoms with Gasteiger partial charge in [-0.2, -0.15) is 0 Å². The topological polar surface area (TPSA) is 50.4 Å². The second kappa shape index (κ2) is 8.36. The van der Waals surface area contributed by atoms with Gasteiger partial charge in [-0.3, -0.25) is 0 Å². The summed E-state index contributed by atoms with van der Waals surface area (Å²) in [6, 6.07) is 1.51. The Morgan fingerprint density at radius 1 is 1.00 bits per heavy atom. The van der Waals surface area contributed by atoms with Gasteiger partial charge in [-0.1, -0.05) is 19.8 Å². The summed E-state index contributed by atoms with van der Waals surface area (Å²) in [5.74, 6) is 0.961. The van der Waals surface area contributed by atoms with Crippen LogP contribution < -0.4 is 10.6 Å². The molecule has 2 saturated carbocycles. The summed E-state index contributed by atoms with van der Waals surface area (Å²) in [7, 11) is 0. The van der Waals surface area contributed by atoms with Crippen molar-refractivity contribution in [2.45, 2.75) is 109 Å². The maximum absolute atomic E-state index is 11.9. The lowest BCUT2D eigenvalue weighted by Gasteiger charge is -2.31. The van der Waals surface area contributed by atoms with E-state index in [0.29, 0.717) is 12.1 Å². The third kappa shape index (κ3) is 6.70. The highest BCUT2D eigenvalue weighted by Crippen LogP contribution is 2.29. The van der Waals surface area contributed by atoms with E-state index >= 15 is 0 Å². The standard InChI is InChI=1S/C19H36N2O2/c1-5-6-14-7-9-15(10-8-14)20-16-11-12-17(13-16)21-18(22)23-19(2,3)4/h14-17,20H,5-13H2,1-4H3,(H,21,22). The number of hydrogen-bond donors (Lipinski definition) is 2. The third-order valence-corrected chi connectivity index (χ3v) is 5.17. The molecule has 0 aromatic carbocycles. The third-order valence-electron chi connectivity index (χ3n) is 5.17. The SMILES string of the molecule is CCCC1CCC(NC2CCC(NC(=O)OC(C)(C)C)C2)CC1. The monoisotopic (exact) mass is 324 g/mol. The molecule has 1 amide bonds. The van der Waals surface area contributed by atoms with E-state index in [1.54, 1.807) is 0 Å². The van der Waals surface area contributed by atoms with Crippen LogP contribution in [0.15, 0.2) is 0 Å². The van der Waals surface area contributed by atoms with E-state index in [1.165, 1.54) is 38.5 Å². The molecule has 4 heteroatoms. The van der Waals surface area contributed by atoms with Gasteiger partial charge >= 0.3 is 6.09 Å². The molecule has 0 aromatic heterocycles. The fraction of sp³-hybridized carbons (Fsp3) is 0.947. The zero-order valence-electron chi connectivity index (χ0n) is 15.5. The van der Waals surface area contributed by atoms with E-state index in [4.69, 9.17) is 4.74 Å². The Balaban J connectivity index is 1.65. The minimum Gasteiger partial charge on any atom is -0.444 e. The molecule has 0 bridgehead atoms. The first-order chi connectivity index (χ1) is 10.9. The Bertz CT molecular complexity index is 370. The van der Waals surface area contributed by atoms with Crippen LogP contribution in [0.5, 0.6) is 0 Å². The highest BCUT2D eigenvalue weighted by Gasteiger charge is 2.30. The lowest BCUT2D eigenvalue weighted by molar-refractivity contribution is 0.0505. The predicted molar refractivity (Wildman–Crippen MR) is 94.6 cm³/mol. The summed E-state index contributed by atoms with van der Waals surface area (Å²) in [4.78, 5) is 11.9. The van der Waals surface area contributed by atoms with E-state index in [0.717, 1.165) is 25.2 Å². The largest absolute Gasteiger partial charge is 0.444 e. The van der Waals surface area contributed by atoms with Crippen LogP contribution in [0.4, 0.5) is 4.79 Å². The average molecular weight is 325 g/mol. The Kier molecular flexibility index (Phi) is 6.75. The van der Waals surface area contributed by atoms with Crippen LogP contribution in [0.25, 0.3) is 0 Å². The fourth-order valence-electron chi connectivity index (χ4n) is 4.10. The Labute approximate surface area is 142 Å². The van der Waals surface area contributed by atoms with Gasteiger partial charge in [-0.25, -0.2) is 4.79 Å². The normalized spacial score (nSPS) is 31.8. The van der Waals surface area contributed by atoms with Crippen molar-refractivity contribution >= 4 is 6.09 Å². The molecule has 23 heavy (non-hydrogen) atoms. The van der Waals surface area contributed by atoms with Crippen LogP contribution >= 0.6 is 0 Å². The van der Waals surface area contributed by atoms with E-state index in [1.807, 2.05) is 20.8 Å². The number of ether oxygens (including phenoxy) is 1. The first-order valence-corrected chi connectivity index (χ1v) is 9.61. The molecule has 0 aromatic rings. The number of nitrogens with one attached hydrogen (secondary N) is 2. The Hall–Kier alpha value is -0.770. The highest BCUT2D eigenvalue weighted by molar-refractivity contribution is 5.68. The minimum atomic E-state index is -0.419. The number of alkyl carbamates (subject to hydrolysis) is 1. The van der Waals surface area contributed by atoms with Crippen molar-refractivity contribution < 1.29 is 9.53 Å². The van der Waals surface area contributed by atoms with Crippen LogP contribution in [-0.4, -0.2) is 29.8 Å². The van der Waals surface area contributed by atoms with Gasteiger partial charge in [0.1, 0.15) is 5.60 Å². The van der Waals surface area contributed by atoms with Crippen molar-refractivity contribution in [3.05, 3.63) is 0 Å². The lowest BCUT2D eigenvalue weighted by atomic mass is 9.83. The fourth-order valence-corrected chi connectivity index (χ4v) is 4.10. The minimum absolute atomic E-state index is 0.263. The van der Waals surface area contributed by atoms with Gasteiger partial charge in [0.05, 0.1) is 0 Å². The van der Waals surface area contributed by atoms with Gasteiger partial charge in [0.25, 0.3) is 0 Å². The molecule has 4 nitrogen and oxygen atoms in total. The van der Waals surface area contributed by atoms with E-state index in [-0.39, 0.29) is 12.1 Å². The van der Waals surface area contributed by atoms with Crippen LogP contribution in [0.2, 0.25) is 0 Å². The molecule has 2 aliphatic carbocycles. The summed E-state index contributed by atoms with van der Waals surface area (Å²) in [5.41, 5.74) is -0.419.